The summed E-state index contributed by atoms with van der Waals surface area (Å²) in [7, 11) is 0. The van der Waals surface area contributed by atoms with E-state index in [0.717, 1.165) is 11.8 Å². The Bertz CT molecular complexity index is 273. The fourth-order valence-electron chi connectivity index (χ4n) is 2.08. The molecule has 68 valence electrons. The van der Waals surface area contributed by atoms with Gasteiger partial charge in [0.15, 0.2) is 0 Å². The van der Waals surface area contributed by atoms with Gasteiger partial charge in [-0.3, -0.25) is 0 Å². The van der Waals surface area contributed by atoms with E-state index in [-0.39, 0.29) is 0 Å². The molecular formula is C13H16. The van der Waals surface area contributed by atoms with Crippen LogP contribution in [0, 0.1) is 11.8 Å². The zero-order valence-corrected chi connectivity index (χ0v) is 7.95. The normalized spacial score (nSPS) is 26.5. The molecule has 1 aliphatic carbocycles. The van der Waals surface area contributed by atoms with Crippen molar-refractivity contribution in [2.45, 2.75) is 19.3 Å². The number of hydrogen-bond acceptors (Lipinski definition) is 0. The Kier molecular flexibility index (Phi) is 2.49. The van der Waals surface area contributed by atoms with Gasteiger partial charge in [0.05, 0.1) is 0 Å². The summed E-state index contributed by atoms with van der Waals surface area (Å²) in [5.74, 6) is 1.64. The zero-order chi connectivity index (χ0) is 9.10. The topological polar surface area (TPSA) is 0 Å². The van der Waals surface area contributed by atoms with Crippen LogP contribution in [0.2, 0.25) is 0 Å². The minimum Gasteiger partial charge on any atom is -0.103 e. The smallest absolute Gasteiger partial charge is 0.0205 e. The van der Waals surface area contributed by atoms with Crippen LogP contribution in [0.4, 0.5) is 0 Å². The van der Waals surface area contributed by atoms with Crippen molar-refractivity contribution in [1.29, 1.82) is 0 Å². The van der Waals surface area contributed by atoms with Gasteiger partial charge in [0.25, 0.3) is 0 Å². The van der Waals surface area contributed by atoms with Gasteiger partial charge in [-0.1, -0.05) is 36.4 Å². The van der Waals surface area contributed by atoms with Crippen LogP contribution < -0.4 is 0 Å². The van der Waals surface area contributed by atoms with Gasteiger partial charge in [-0.15, -0.1) is 6.58 Å². The lowest BCUT2D eigenvalue weighted by molar-refractivity contribution is 0.226. The molecule has 2 atom stereocenters. The van der Waals surface area contributed by atoms with Gasteiger partial charge in [-0.25, -0.2) is 0 Å². The van der Waals surface area contributed by atoms with E-state index >= 15 is 0 Å². The zero-order valence-electron chi connectivity index (χ0n) is 7.95. The third-order valence-corrected chi connectivity index (χ3v) is 3.12. The quantitative estimate of drug-likeness (QED) is 0.613. The average molecular weight is 172 g/mol. The first-order chi connectivity index (χ1) is 6.40. The number of allylic oxidation sites excluding steroid dienone is 1. The lowest BCUT2D eigenvalue weighted by Crippen LogP contribution is -2.25. The fraction of sp³-hybridized carbons (Fsp3) is 0.385. The second-order valence-corrected chi connectivity index (χ2v) is 3.93. The third-order valence-electron chi connectivity index (χ3n) is 3.12. The standard InChI is InChI=1S/C13H16/c1-2-12-8-9-13(12)10-11-6-4-3-5-7-11/h2-7,12-13H,1,8-10H2. The summed E-state index contributed by atoms with van der Waals surface area (Å²) in [6.45, 7) is 3.87. The van der Waals surface area contributed by atoms with Gasteiger partial charge >= 0.3 is 0 Å². The van der Waals surface area contributed by atoms with Gasteiger partial charge in [0.2, 0.25) is 0 Å². The van der Waals surface area contributed by atoms with E-state index in [0.29, 0.717) is 0 Å². The number of rotatable bonds is 3. The van der Waals surface area contributed by atoms with Crippen LogP contribution in [-0.2, 0) is 6.42 Å². The molecule has 0 N–H and O–H groups in total. The molecule has 0 aromatic heterocycles. The maximum Gasteiger partial charge on any atom is -0.0205 e. The largest absolute Gasteiger partial charge is 0.103 e. The van der Waals surface area contributed by atoms with Crippen LogP contribution in [-0.4, -0.2) is 0 Å². The molecule has 0 amide bonds. The fourth-order valence-corrected chi connectivity index (χ4v) is 2.08. The molecule has 1 aromatic rings. The molecule has 2 unspecified atom stereocenters. The predicted octanol–water partition coefficient (Wildman–Crippen LogP) is 3.44. The highest BCUT2D eigenvalue weighted by atomic mass is 14.3. The van der Waals surface area contributed by atoms with Crippen molar-refractivity contribution in [3.8, 4) is 0 Å². The summed E-state index contributed by atoms with van der Waals surface area (Å²) >= 11 is 0. The SMILES string of the molecule is C=CC1CCC1Cc1ccccc1. The van der Waals surface area contributed by atoms with Crippen LogP contribution in [0.25, 0.3) is 0 Å². The molecule has 1 fully saturated rings. The summed E-state index contributed by atoms with van der Waals surface area (Å²) in [5, 5.41) is 0. The number of benzene rings is 1. The molecule has 0 heteroatoms. The van der Waals surface area contributed by atoms with Crippen molar-refractivity contribution in [2.75, 3.05) is 0 Å². The van der Waals surface area contributed by atoms with Crippen molar-refractivity contribution in [2.24, 2.45) is 11.8 Å². The third kappa shape index (κ3) is 1.82. The summed E-state index contributed by atoms with van der Waals surface area (Å²) < 4.78 is 0. The van der Waals surface area contributed by atoms with Crippen LogP contribution in [0.15, 0.2) is 43.0 Å². The van der Waals surface area contributed by atoms with Gasteiger partial charge < -0.3 is 0 Å². The van der Waals surface area contributed by atoms with Crippen LogP contribution in [0.1, 0.15) is 18.4 Å². The Morgan fingerprint density at radius 2 is 2.00 bits per heavy atom. The molecule has 1 aromatic carbocycles. The summed E-state index contributed by atoms with van der Waals surface area (Å²) in [6.07, 6.45) is 6.08. The maximum absolute atomic E-state index is 3.87. The first-order valence-corrected chi connectivity index (χ1v) is 5.06. The minimum atomic E-state index is 0.778. The van der Waals surface area contributed by atoms with Crippen LogP contribution in [0.5, 0.6) is 0 Å². The van der Waals surface area contributed by atoms with E-state index in [4.69, 9.17) is 0 Å². The molecule has 0 bridgehead atoms. The lowest BCUT2D eigenvalue weighted by atomic mass is 9.71. The molecule has 2 rings (SSSR count). The Labute approximate surface area is 80.3 Å². The van der Waals surface area contributed by atoms with Gasteiger partial charge in [-0.05, 0) is 36.7 Å². The summed E-state index contributed by atoms with van der Waals surface area (Å²) in [6, 6.07) is 10.8. The van der Waals surface area contributed by atoms with E-state index in [9.17, 15) is 0 Å². The number of hydrogen-bond donors (Lipinski definition) is 0. The minimum absolute atomic E-state index is 0.778. The highest BCUT2D eigenvalue weighted by Crippen LogP contribution is 2.37. The van der Waals surface area contributed by atoms with Crippen LogP contribution in [0.3, 0.4) is 0 Å². The van der Waals surface area contributed by atoms with Gasteiger partial charge in [0.1, 0.15) is 0 Å². The Morgan fingerprint density at radius 1 is 1.23 bits per heavy atom. The molecule has 0 spiro atoms. The first-order valence-electron chi connectivity index (χ1n) is 5.06. The highest BCUT2D eigenvalue weighted by Gasteiger charge is 2.27. The van der Waals surface area contributed by atoms with Crippen molar-refractivity contribution < 1.29 is 0 Å². The second-order valence-electron chi connectivity index (χ2n) is 3.93. The average Bonchev–Trinajstić information content (AvgIpc) is 2.15. The molecular weight excluding hydrogens is 156 g/mol. The van der Waals surface area contributed by atoms with Gasteiger partial charge in [0, 0.05) is 0 Å². The van der Waals surface area contributed by atoms with E-state index in [1.165, 1.54) is 24.8 Å². The van der Waals surface area contributed by atoms with E-state index in [2.05, 4.69) is 43.0 Å². The van der Waals surface area contributed by atoms with Crippen molar-refractivity contribution >= 4 is 0 Å². The maximum atomic E-state index is 3.87. The van der Waals surface area contributed by atoms with Gasteiger partial charge in [-0.2, -0.15) is 0 Å². The van der Waals surface area contributed by atoms with E-state index in [1.807, 2.05) is 0 Å². The first kappa shape index (κ1) is 8.55. The predicted molar refractivity (Wildman–Crippen MR) is 56.6 cm³/mol. The molecule has 1 saturated carbocycles. The van der Waals surface area contributed by atoms with Crippen molar-refractivity contribution in [1.82, 2.24) is 0 Å². The van der Waals surface area contributed by atoms with Crippen molar-refractivity contribution in [3.05, 3.63) is 48.6 Å². The summed E-state index contributed by atoms with van der Waals surface area (Å²) in [4.78, 5) is 0. The Balaban J connectivity index is 1.95. The molecule has 1 aliphatic rings. The highest BCUT2D eigenvalue weighted by molar-refractivity contribution is 5.16. The molecule has 0 heterocycles. The van der Waals surface area contributed by atoms with Crippen LogP contribution >= 0.6 is 0 Å². The molecule has 0 radical (unpaired) electrons. The van der Waals surface area contributed by atoms with E-state index in [1.54, 1.807) is 0 Å². The molecule has 0 nitrogen and oxygen atoms in total. The van der Waals surface area contributed by atoms with E-state index < -0.39 is 0 Å². The molecule has 13 heavy (non-hydrogen) atoms. The Hall–Kier alpha value is -1.04. The molecule has 0 saturated heterocycles. The van der Waals surface area contributed by atoms with Crippen molar-refractivity contribution in [3.63, 3.8) is 0 Å². The Morgan fingerprint density at radius 3 is 2.54 bits per heavy atom. The second kappa shape index (κ2) is 3.78. The lowest BCUT2D eigenvalue weighted by Gasteiger charge is -2.34. The summed E-state index contributed by atoms with van der Waals surface area (Å²) in [5.41, 5.74) is 1.47. The monoisotopic (exact) mass is 172 g/mol. The molecule has 0 aliphatic heterocycles.